The minimum atomic E-state index is -0.173. The SMILES string of the molecule is Cc1nn(-c2ccc(CN)c(NC3CCC(O)CC3)c2)c2c1C(=O)CC(C)(C)C2. The van der Waals surface area contributed by atoms with Gasteiger partial charge in [-0.05, 0) is 62.1 Å². The van der Waals surface area contributed by atoms with Gasteiger partial charge in [0.1, 0.15) is 0 Å². The average molecular weight is 397 g/mol. The van der Waals surface area contributed by atoms with E-state index in [-0.39, 0.29) is 17.3 Å². The number of carbonyl (C=O) groups excluding carboxylic acids is 1. The van der Waals surface area contributed by atoms with Crippen molar-refractivity contribution in [2.24, 2.45) is 11.1 Å². The molecule has 0 aliphatic heterocycles. The fraction of sp³-hybridized carbons (Fsp3) is 0.565. The second kappa shape index (κ2) is 7.58. The zero-order valence-corrected chi connectivity index (χ0v) is 17.7. The Morgan fingerprint density at radius 2 is 1.97 bits per heavy atom. The van der Waals surface area contributed by atoms with E-state index < -0.39 is 0 Å². The molecule has 0 amide bonds. The second-order valence-electron chi connectivity index (χ2n) is 9.46. The third-order valence-electron chi connectivity index (χ3n) is 6.33. The molecule has 0 saturated heterocycles. The van der Waals surface area contributed by atoms with Crippen molar-refractivity contribution in [3.8, 4) is 5.69 Å². The fourth-order valence-electron chi connectivity index (χ4n) is 4.80. The lowest BCUT2D eigenvalue weighted by Crippen LogP contribution is -2.29. The summed E-state index contributed by atoms with van der Waals surface area (Å²) in [5, 5.41) is 18.2. The largest absolute Gasteiger partial charge is 0.393 e. The van der Waals surface area contributed by atoms with Crippen LogP contribution in [0.2, 0.25) is 0 Å². The molecule has 1 aromatic carbocycles. The molecule has 0 radical (unpaired) electrons. The van der Waals surface area contributed by atoms with Crippen LogP contribution in [-0.2, 0) is 13.0 Å². The van der Waals surface area contributed by atoms with E-state index >= 15 is 0 Å². The molecule has 0 atom stereocenters. The minimum absolute atomic E-state index is 0.0600. The van der Waals surface area contributed by atoms with Crippen LogP contribution in [0.5, 0.6) is 0 Å². The molecule has 156 valence electrons. The topological polar surface area (TPSA) is 93.2 Å². The number of aryl methyl sites for hydroxylation is 1. The van der Waals surface area contributed by atoms with Crippen LogP contribution in [0, 0.1) is 12.3 Å². The van der Waals surface area contributed by atoms with E-state index in [0.717, 1.165) is 66.0 Å². The van der Waals surface area contributed by atoms with Crippen molar-refractivity contribution >= 4 is 11.5 Å². The van der Waals surface area contributed by atoms with Crippen molar-refractivity contribution in [2.75, 3.05) is 5.32 Å². The molecule has 1 aromatic heterocycles. The Hall–Kier alpha value is -2.18. The van der Waals surface area contributed by atoms with E-state index in [1.165, 1.54) is 0 Å². The van der Waals surface area contributed by atoms with Crippen LogP contribution >= 0.6 is 0 Å². The summed E-state index contributed by atoms with van der Waals surface area (Å²) in [7, 11) is 0. The molecule has 1 saturated carbocycles. The van der Waals surface area contributed by atoms with Gasteiger partial charge in [0.15, 0.2) is 5.78 Å². The number of carbonyl (C=O) groups is 1. The normalized spacial score (nSPS) is 23.7. The molecule has 0 bridgehead atoms. The maximum Gasteiger partial charge on any atom is 0.167 e. The number of hydrogen-bond donors (Lipinski definition) is 3. The Labute approximate surface area is 172 Å². The summed E-state index contributed by atoms with van der Waals surface area (Å²) < 4.78 is 1.94. The zero-order chi connectivity index (χ0) is 20.8. The first kappa shape index (κ1) is 20.1. The lowest BCUT2D eigenvalue weighted by molar-refractivity contribution is 0.0910. The molecular weight excluding hydrogens is 364 g/mol. The van der Waals surface area contributed by atoms with Crippen LogP contribution in [0.4, 0.5) is 5.69 Å². The van der Waals surface area contributed by atoms with Gasteiger partial charge in [0, 0.05) is 24.7 Å². The predicted octanol–water partition coefficient (Wildman–Crippen LogP) is 3.51. The van der Waals surface area contributed by atoms with Crippen molar-refractivity contribution < 1.29 is 9.90 Å². The number of aliphatic hydroxyl groups excluding tert-OH is 1. The van der Waals surface area contributed by atoms with Crippen molar-refractivity contribution in [1.82, 2.24) is 9.78 Å². The Morgan fingerprint density at radius 3 is 2.66 bits per heavy atom. The fourth-order valence-corrected chi connectivity index (χ4v) is 4.80. The molecule has 6 heteroatoms. The Balaban J connectivity index is 1.70. The van der Waals surface area contributed by atoms with Gasteiger partial charge < -0.3 is 16.2 Å². The number of Topliss-reactive ketones (excluding diaryl/α,β-unsaturated/α-hetero) is 1. The van der Waals surface area contributed by atoms with E-state index in [4.69, 9.17) is 10.8 Å². The third kappa shape index (κ3) is 3.96. The number of anilines is 1. The number of nitrogens with two attached hydrogens (primary N) is 1. The van der Waals surface area contributed by atoms with E-state index in [1.807, 2.05) is 17.7 Å². The number of ketones is 1. The number of fused-ring (bicyclic) bond motifs is 1. The smallest absolute Gasteiger partial charge is 0.167 e. The van der Waals surface area contributed by atoms with Gasteiger partial charge in [-0.3, -0.25) is 4.79 Å². The van der Waals surface area contributed by atoms with Gasteiger partial charge >= 0.3 is 0 Å². The monoisotopic (exact) mass is 396 g/mol. The Bertz CT molecular complexity index is 923. The van der Waals surface area contributed by atoms with Gasteiger partial charge in [0.2, 0.25) is 0 Å². The highest BCUT2D eigenvalue weighted by Crippen LogP contribution is 2.37. The van der Waals surface area contributed by atoms with Crippen LogP contribution in [0.15, 0.2) is 18.2 Å². The summed E-state index contributed by atoms with van der Waals surface area (Å²) in [6.45, 7) is 6.66. The summed E-state index contributed by atoms with van der Waals surface area (Å²) in [5.74, 6) is 0.192. The van der Waals surface area contributed by atoms with Crippen LogP contribution < -0.4 is 11.1 Å². The standard InChI is InChI=1S/C23H32N4O2/c1-14-22-20(11-23(2,3)12-21(22)29)27(26-14)17-7-4-15(13-24)19(10-17)25-16-5-8-18(28)9-6-16/h4,7,10,16,18,25,28H,5-6,8-9,11-13,24H2,1-3H3. The minimum Gasteiger partial charge on any atom is -0.393 e. The first-order valence-corrected chi connectivity index (χ1v) is 10.7. The van der Waals surface area contributed by atoms with Crippen LogP contribution in [0.1, 0.15) is 73.3 Å². The van der Waals surface area contributed by atoms with Gasteiger partial charge in [0.25, 0.3) is 0 Å². The maximum atomic E-state index is 12.7. The molecular formula is C23H32N4O2. The Kier molecular flexibility index (Phi) is 5.25. The Morgan fingerprint density at radius 1 is 1.24 bits per heavy atom. The van der Waals surface area contributed by atoms with Crippen molar-refractivity contribution in [3.05, 3.63) is 40.7 Å². The quantitative estimate of drug-likeness (QED) is 0.735. The lowest BCUT2D eigenvalue weighted by Gasteiger charge is -2.29. The first-order chi connectivity index (χ1) is 13.8. The molecule has 2 aliphatic rings. The van der Waals surface area contributed by atoms with Gasteiger partial charge in [-0.2, -0.15) is 5.10 Å². The molecule has 6 nitrogen and oxygen atoms in total. The summed E-state index contributed by atoms with van der Waals surface area (Å²) in [4.78, 5) is 12.7. The molecule has 29 heavy (non-hydrogen) atoms. The van der Waals surface area contributed by atoms with Gasteiger partial charge in [-0.15, -0.1) is 0 Å². The third-order valence-corrected chi connectivity index (χ3v) is 6.33. The van der Waals surface area contributed by atoms with Crippen molar-refractivity contribution in [3.63, 3.8) is 0 Å². The summed E-state index contributed by atoms with van der Waals surface area (Å²) in [5.41, 5.74) is 11.6. The summed E-state index contributed by atoms with van der Waals surface area (Å²) in [6, 6.07) is 6.53. The van der Waals surface area contributed by atoms with Crippen LogP contribution in [-0.4, -0.2) is 32.8 Å². The molecule has 4 N–H and O–H groups in total. The van der Waals surface area contributed by atoms with Crippen molar-refractivity contribution in [2.45, 2.75) is 78.0 Å². The van der Waals surface area contributed by atoms with E-state index in [0.29, 0.717) is 19.0 Å². The van der Waals surface area contributed by atoms with Gasteiger partial charge in [-0.25, -0.2) is 4.68 Å². The summed E-state index contributed by atoms with van der Waals surface area (Å²) >= 11 is 0. The zero-order valence-electron chi connectivity index (χ0n) is 17.7. The number of nitrogens with one attached hydrogen (secondary N) is 1. The molecule has 0 unspecified atom stereocenters. The number of rotatable bonds is 4. The number of hydrogen-bond acceptors (Lipinski definition) is 5. The van der Waals surface area contributed by atoms with Crippen LogP contribution in [0.3, 0.4) is 0 Å². The molecule has 1 heterocycles. The lowest BCUT2D eigenvalue weighted by atomic mass is 9.75. The van der Waals surface area contributed by atoms with E-state index in [1.54, 1.807) is 0 Å². The van der Waals surface area contributed by atoms with E-state index in [2.05, 4.69) is 31.3 Å². The summed E-state index contributed by atoms with van der Waals surface area (Å²) in [6.07, 6.45) is 4.79. The number of aromatic nitrogens is 2. The van der Waals surface area contributed by atoms with Crippen LogP contribution in [0.25, 0.3) is 5.69 Å². The number of benzene rings is 1. The highest BCUT2D eigenvalue weighted by Gasteiger charge is 2.35. The van der Waals surface area contributed by atoms with Gasteiger partial charge in [-0.1, -0.05) is 19.9 Å². The highest BCUT2D eigenvalue weighted by atomic mass is 16.3. The number of aliphatic hydroxyl groups is 1. The van der Waals surface area contributed by atoms with E-state index in [9.17, 15) is 9.90 Å². The molecule has 4 rings (SSSR count). The second-order valence-corrected chi connectivity index (χ2v) is 9.46. The molecule has 2 aromatic rings. The highest BCUT2D eigenvalue weighted by molar-refractivity contribution is 5.99. The molecule has 0 spiro atoms. The maximum absolute atomic E-state index is 12.7. The number of nitrogens with zero attached hydrogens (tertiary/aromatic N) is 2. The van der Waals surface area contributed by atoms with Crippen molar-refractivity contribution in [1.29, 1.82) is 0 Å². The predicted molar refractivity (Wildman–Crippen MR) is 115 cm³/mol. The molecule has 2 aliphatic carbocycles. The average Bonchev–Trinajstić information content (AvgIpc) is 2.99. The molecule has 1 fully saturated rings. The first-order valence-electron chi connectivity index (χ1n) is 10.7. The van der Waals surface area contributed by atoms with Gasteiger partial charge in [0.05, 0.1) is 28.7 Å².